The molecule has 2 atom stereocenters. The number of amides is 1. The molecule has 1 fully saturated rings. The zero-order valence-electron chi connectivity index (χ0n) is 11.2. The summed E-state index contributed by atoms with van der Waals surface area (Å²) in [5.74, 6) is -0.0385. The van der Waals surface area contributed by atoms with Crippen LogP contribution in [0.5, 0.6) is 0 Å². The van der Waals surface area contributed by atoms with Crippen LogP contribution in [0.4, 0.5) is 0 Å². The van der Waals surface area contributed by atoms with Gasteiger partial charge in [0.15, 0.2) is 0 Å². The highest BCUT2D eigenvalue weighted by atomic mass is 16.5. The van der Waals surface area contributed by atoms with Crippen molar-refractivity contribution in [1.29, 1.82) is 0 Å². The van der Waals surface area contributed by atoms with Crippen molar-refractivity contribution in [2.45, 2.75) is 19.4 Å². The Morgan fingerprint density at radius 2 is 2.22 bits per heavy atom. The van der Waals surface area contributed by atoms with E-state index in [2.05, 4.69) is 16.8 Å². The molecule has 0 bridgehead atoms. The van der Waals surface area contributed by atoms with Gasteiger partial charge in [0.2, 0.25) is 5.91 Å². The van der Waals surface area contributed by atoms with Crippen molar-refractivity contribution in [2.24, 2.45) is 11.7 Å². The summed E-state index contributed by atoms with van der Waals surface area (Å²) in [6, 6.07) is -0.489. The Hall–Kier alpha value is -0.910. The van der Waals surface area contributed by atoms with Crippen molar-refractivity contribution in [3.8, 4) is 0 Å². The Labute approximate surface area is 109 Å². The summed E-state index contributed by atoms with van der Waals surface area (Å²) in [7, 11) is 0. The summed E-state index contributed by atoms with van der Waals surface area (Å²) in [6.07, 6.45) is 2.59. The highest BCUT2D eigenvalue weighted by molar-refractivity contribution is 5.82. The molecule has 1 amide bonds. The number of carbonyl (C=O) groups excluding carboxylic acids is 1. The van der Waals surface area contributed by atoms with Gasteiger partial charge in [-0.25, -0.2) is 0 Å². The van der Waals surface area contributed by atoms with Crippen LogP contribution in [0.1, 0.15) is 13.3 Å². The van der Waals surface area contributed by atoms with E-state index in [0.717, 1.165) is 39.3 Å². The molecular formula is C13H25N3O2. The van der Waals surface area contributed by atoms with Crippen molar-refractivity contribution in [3.63, 3.8) is 0 Å². The molecule has 0 aromatic carbocycles. The quantitative estimate of drug-likeness (QED) is 0.627. The molecule has 0 radical (unpaired) electrons. The molecule has 1 aliphatic heterocycles. The first-order valence-corrected chi connectivity index (χ1v) is 6.65. The van der Waals surface area contributed by atoms with Crippen LogP contribution in [-0.4, -0.2) is 56.2 Å². The first-order chi connectivity index (χ1) is 8.69. The van der Waals surface area contributed by atoms with Crippen molar-refractivity contribution >= 4 is 5.91 Å². The van der Waals surface area contributed by atoms with E-state index in [1.54, 1.807) is 6.08 Å². The zero-order chi connectivity index (χ0) is 13.4. The highest BCUT2D eigenvalue weighted by Gasteiger charge is 2.20. The molecule has 18 heavy (non-hydrogen) atoms. The minimum Gasteiger partial charge on any atom is -0.379 e. The second-order valence-corrected chi connectivity index (χ2v) is 4.58. The van der Waals surface area contributed by atoms with Gasteiger partial charge < -0.3 is 15.8 Å². The SMILES string of the molecule is C=C[C@@H](CC)[C@H](N)C(=O)NCCN1CCOCC1. The van der Waals surface area contributed by atoms with Crippen molar-refractivity contribution in [3.05, 3.63) is 12.7 Å². The fraction of sp³-hybridized carbons (Fsp3) is 0.769. The lowest BCUT2D eigenvalue weighted by Crippen LogP contribution is -2.47. The molecule has 0 aliphatic carbocycles. The van der Waals surface area contributed by atoms with E-state index >= 15 is 0 Å². The van der Waals surface area contributed by atoms with E-state index < -0.39 is 6.04 Å². The van der Waals surface area contributed by atoms with E-state index in [0.29, 0.717) is 6.54 Å². The van der Waals surface area contributed by atoms with Crippen LogP contribution >= 0.6 is 0 Å². The zero-order valence-corrected chi connectivity index (χ0v) is 11.2. The van der Waals surface area contributed by atoms with Crippen LogP contribution in [0.25, 0.3) is 0 Å². The summed E-state index contributed by atoms with van der Waals surface area (Å²) in [6.45, 7) is 10.6. The highest BCUT2D eigenvalue weighted by Crippen LogP contribution is 2.07. The molecule has 0 spiro atoms. The average Bonchev–Trinajstić information content (AvgIpc) is 2.41. The maximum atomic E-state index is 11.8. The van der Waals surface area contributed by atoms with Crippen molar-refractivity contribution in [2.75, 3.05) is 39.4 Å². The summed E-state index contributed by atoms with van der Waals surface area (Å²) < 4.78 is 5.27. The van der Waals surface area contributed by atoms with Gasteiger partial charge in [0.05, 0.1) is 19.3 Å². The maximum absolute atomic E-state index is 11.8. The molecule has 1 saturated heterocycles. The van der Waals surface area contributed by atoms with Gasteiger partial charge in [-0.05, 0) is 6.42 Å². The van der Waals surface area contributed by atoms with Crippen molar-refractivity contribution in [1.82, 2.24) is 10.2 Å². The monoisotopic (exact) mass is 255 g/mol. The predicted molar refractivity (Wildman–Crippen MR) is 72.2 cm³/mol. The smallest absolute Gasteiger partial charge is 0.237 e. The van der Waals surface area contributed by atoms with Gasteiger partial charge in [0, 0.05) is 32.1 Å². The number of hydrogen-bond donors (Lipinski definition) is 2. The van der Waals surface area contributed by atoms with E-state index in [4.69, 9.17) is 10.5 Å². The Bertz CT molecular complexity index is 265. The van der Waals surface area contributed by atoms with Gasteiger partial charge in [-0.15, -0.1) is 6.58 Å². The van der Waals surface area contributed by atoms with Gasteiger partial charge in [0.25, 0.3) is 0 Å². The van der Waals surface area contributed by atoms with Gasteiger partial charge in [-0.3, -0.25) is 9.69 Å². The minimum atomic E-state index is -0.489. The van der Waals surface area contributed by atoms with Gasteiger partial charge in [-0.2, -0.15) is 0 Å². The van der Waals surface area contributed by atoms with Gasteiger partial charge >= 0.3 is 0 Å². The van der Waals surface area contributed by atoms with E-state index in [9.17, 15) is 4.79 Å². The number of nitrogens with one attached hydrogen (secondary N) is 1. The molecule has 3 N–H and O–H groups in total. The number of ether oxygens (including phenoxy) is 1. The van der Waals surface area contributed by atoms with Crippen LogP contribution in [0.15, 0.2) is 12.7 Å². The third kappa shape index (κ3) is 4.76. The van der Waals surface area contributed by atoms with E-state index in [1.807, 2.05) is 6.92 Å². The summed E-state index contributed by atoms with van der Waals surface area (Å²) >= 11 is 0. The molecular weight excluding hydrogens is 230 g/mol. The largest absolute Gasteiger partial charge is 0.379 e. The molecule has 0 aromatic heterocycles. The fourth-order valence-corrected chi connectivity index (χ4v) is 2.04. The van der Waals surface area contributed by atoms with E-state index in [-0.39, 0.29) is 11.8 Å². The van der Waals surface area contributed by atoms with Crippen molar-refractivity contribution < 1.29 is 9.53 Å². The predicted octanol–water partition coefficient (Wildman–Crippen LogP) is -0.0257. The second-order valence-electron chi connectivity index (χ2n) is 4.58. The second kappa shape index (κ2) is 8.24. The number of rotatable bonds is 7. The summed E-state index contributed by atoms with van der Waals surface area (Å²) in [5, 5.41) is 2.88. The third-order valence-corrected chi connectivity index (χ3v) is 3.37. The van der Waals surface area contributed by atoms with Crippen LogP contribution in [0.3, 0.4) is 0 Å². The lowest BCUT2D eigenvalue weighted by molar-refractivity contribution is -0.123. The molecule has 0 aromatic rings. The fourth-order valence-electron chi connectivity index (χ4n) is 2.04. The first-order valence-electron chi connectivity index (χ1n) is 6.65. The standard InChI is InChI=1S/C13H25N3O2/c1-3-11(4-2)12(14)13(17)15-5-6-16-7-9-18-10-8-16/h3,11-12H,1,4-10,14H2,2H3,(H,15,17)/t11-,12-/m0/s1. The molecule has 1 aliphatic rings. The molecule has 1 heterocycles. The van der Waals surface area contributed by atoms with Gasteiger partial charge in [0.1, 0.15) is 0 Å². The van der Waals surface area contributed by atoms with Crippen LogP contribution in [-0.2, 0) is 9.53 Å². The topological polar surface area (TPSA) is 67.6 Å². The lowest BCUT2D eigenvalue weighted by Gasteiger charge is -2.27. The van der Waals surface area contributed by atoms with Gasteiger partial charge in [-0.1, -0.05) is 13.0 Å². The normalized spacial score (nSPS) is 20.1. The number of hydrogen-bond acceptors (Lipinski definition) is 4. The number of morpholine rings is 1. The lowest BCUT2D eigenvalue weighted by atomic mass is 9.97. The van der Waals surface area contributed by atoms with Crippen LogP contribution < -0.4 is 11.1 Å². The molecule has 1 rings (SSSR count). The Kier molecular flexibility index (Phi) is 6.93. The molecule has 0 saturated carbocycles. The Balaban J connectivity index is 2.21. The molecule has 0 unspecified atom stereocenters. The van der Waals surface area contributed by atoms with Crippen LogP contribution in [0, 0.1) is 5.92 Å². The number of nitrogens with two attached hydrogens (primary N) is 1. The number of nitrogens with zero attached hydrogens (tertiary/aromatic N) is 1. The summed E-state index contributed by atoms with van der Waals surface area (Å²) in [4.78, 5) is 14.1. The first kappa shape index (κ1) is 15.1. The minimum absolute atomic E-state index is 0.0494. The molecule has 5 nitrogen and oxygen atoms in total. The average molecular weight is 255 g/mol. The third-order valence-electron chi connectivity index (χ3n) is 3.37. The summed E-state index contributed by atoms with van der Waals surface area (Å²) in [5.41, 5.74) is 5.88. The number of carbonyl (C=O) groups is 1. The Morgan fingerprint density at radius 1 is 1.56 bits per heavy atom. The van der Waals surface area contributed by atoms with E-state index in [1.165, 1.54) is 0 Å². The Morgan fingerprint density at radius 3 is 2.78 bits per heavy atom. The molecule has 104 valence electrons. The van der Waals surface area contributed by atoms with Crippen LogP contribution in [0.2, 0.25) is 0 Å². The maximum Gasteiger partial charge on any atom is 0.237 e. The molecule has 5 heteroatoms.